The van der Waals surface area contributed by atoms with E-state index in [-0.39, 0.29) is 19.5 Å². The fourth-order valence-corrected chi connectivity index (χ4v) is 21.5. The molecule has 50 heavy (non-hydrogen) atoms. The molecule has 4 nitrogen and oxygen atoms in total. The van der Waals surface area contributed by atoms with Gasteiger partial charge < -0.3 is 59.5 Å². The second-order valence-electron chi connectivity index (χ2n) is 12.1. The van der Waals surface area contributed by atoms with Crippen LogP contribution < -0.4 is 0 Å². The summed E-state index contributed by atoms with van der Waals surface area (Å²) < 4.78 is 3.54. The number of hydrogen-bond donors (Lipinski definition) is 0. The van der Waals surface area contributed by atoms with Gasteiger partial charge in [-0.2, -0.15) is 0 Å². The summed E-state index contributed by atoms with van der Waals surface area (Å²) >= 11 is 30.5. The number of thiocarbonyl (C=S) groups is 4. The molecule has 0 rings (SSSR count). The van der Waals surface area contributed by atoms with Crippen molar-refractivity contribution < 1.29 is 19.5 Å². The van der Waals surface area contributed by atoms with E-state index in [0.717, 1.165) is 61.0 Å². The number of nitrogens with zero attached hydrogens (tertiary/aromatic N) is 4. The molecule has 0 heterocycles. The van der Waals surface area contributed by atoms with Gasteiger partial charge in [-0.05, 0) is 25.7 Å². The summed E-state index contributed by atoms with van der Waals surface area (Å²) in [6.45, 7) is 26.4. The number of hydrogen-bond acceptors (Lipinski definition) is 8. The van der Waals surface area contributed by atoms with Crippen LogP contribution in [0.2, 0.25) is 0 Å². The van der Waals surface area contributed by atoms with Crippen LogP contribution >= 0.6 is 65.5 Å². The van der Waals surface area contributed by atoms with Crippen molar-refractivity contribution in [1.29, 1.82) is 0 Å². The molecule has 0 aliphatic heterocycles. The Balaban J connectivity index is -0.000000354. The molecule has 0 N–H and O–H groups in total. The molecule has 0 aliphatic rings. The summed E-state index contributed by atoms with van der Waals surface area (Å²) in [6.07, 6.45) is 19.5. The van der Waals surface area contributed by atoms with Crippen LogP contribution in [0.5, 0.6) is 0 Å². The minimum absolute atomic E-state index is 0. The summed E-state index contributed by atoms with van der Waals surface area (Å²) in [7, 11) is 3.96. The van der Waals surface area contributed by atoms with Crippen LogP contribution in [0.1, 0.15) is 158 Å². The molecule has 2 radical (unpaired) electrons. The zero-order valence-electron chi connectivity index (χ0n) is 33.2. The largest absolute Gasteiger partial charge is 2.00 e. The average Bonchev–Trinajstić information content (AvgIpc) is 3.08. The maximum Gasteiger partial charge on any atom is 2.00 e. The Bertz CT molecular complexity index is 707. The normalized spacial score (nSPS) is 10.1. The van der Waals surface area contributed by atoms with Gasteiger partial charge in [-0.3, -0.25) is 0 Å². The predicted molar refractivity (Wildman–Crippen MR) is 252 cm³/mol. The monoisotopic (exact) mass is 1090 g/mol. The van der Waals surface area contributed by atoms with Crippen molar-refractivity contribution >= 4 is 129 Å². The molecule has 0 bridgehead atoms. The summed E-state index contributed by atoms with van der Waals surface area (Å²) in [6, 6.07) is 0. The van der Waals surface area contributed by atoms with Crippen LogP contribution in [0, 0.1) is 0 Å². The minimum Gasteiger partial charge on any atom is 2.00 e. The Kier molecular flexibility index (Phi) is 53.8. The number of rotatable bonds is 26. The summed E-state index contributed by atoms with van der Waals surface area (Å²) in [4.78, 5) is 9.15. The van der Waals surface area contributed by atoms with E-state index in [9.17, 15) is 0 Å². The standard InChI is InChI=1S/4C9H19NS2.Pb.Zn/c4*1-3-5-7-10(9(11)12)8-6-4-2;;/h4*3-8H2,1-2H3,(H,11,12);;/q;;;;2*+2/p-4. The van der Waals surface area contributed by atoms with Gasteiger partial charge in [0.1, 0.15) is 0 Å². The van der Waals surface area contributed by atoms with E-state index >= 15 is 0 Å². The summed E-state index contributed by atoms with van der Waals surface area (Å²) in [5, 5.41) is 0. The van der Waals surface area contributed by atoms with E-state index in [1.165, 1.54) is 103 Å². The second kappa shape index (κ2) is 45.6. The van der Waals surface area contributed by atoms with E-state index in [4.69, 9.17) is 74.1 Å². The van der Waals surface area contributed by atoms with E-state index in [1.807, 2.05) is 16.6 Å². The molecule has 0 amide bonds. The van der Waals surface area contributed by atoms with Crippen molar-refractivity contribution in [3.63, 3.8) is 0 Å². The number of unbranched alkanes of at least 4 members (excludes halogenated alkanes) is 8. The first-order valence-corrected chi connectivity index (χ1v) is 32.7. The Morgan fingerprint density at radius 3 is 0.740 bits per heavy atom. The van der Waals surface area contributed by atoms with Crippen molar-refractivity contribution in [2.24, 2.45) is 0 Å². The Morgan fingerprint density at radius 2 is 0.580 bits per heavy atom. The molecule has 0 spiro atoms. The van der Waals surface area contributed by atoms with Crippen molar-refractivity contribution in [3.05, 3.63) is 0 Å². The Morgan fingerprint density at radius 1 is 0.400 bits per heavy atom. The van der Waals surface area contributed by atoms with Gasteiger partial charge in [-0.25, -0.2) is 0 Å². The van der Waals surface area contributed by atoms with E-state index in [2.05, 4.69) is 75.0 Å². The van der Waals surface area contributed by atoms with Crippen LogP contribution in [-0.2, 0) is 44.7 Å². The molecular weight excluding hydrogens is 1020 g/mol. The molecule has 0 unspecified atom stereocenters. The van der Waals surface area contributed by atoms with Gasteiger partial charge >= 0.3 is 205 Å². The van der Waals surface area contributed by atoms with E-state index in [0.29, 0.717) is 8.64 Å². The zero-order valence-corrected chi connectivity index (χ0v) is 46.6. The van der Waals surface area contributed by atoms with Crippen molar-refractivity contribution in [3.8, 4) is 0 Å². The van der Waals surface area contributed by atoms with Crippen molar-refractivity contribution in [2.75, 3.05) is 52.4 Å². The van der Waals surface area contributed by atoms with Crippen LogP contribution in [0.25, 0.3) is 0 Å². The molecule has 290 valence electrons. The molecule has 0 aromatic carbocycles. The molecule has 0 aromatic heterocycles. The van der Waals surface area contributed by atoms with Crippen LogP contribution in [-0.4, -0.2) is 110 Å². The first-order chi connectivity index (χ1) is 23.5. The summed E-state index contributed by atoms with van der Waals surface area (Å²) in [5.41, 5.74) is 0. The molecule has 14 heteroatoms. The third-order valence-electron chi connectivity index (χ3n) is 7.54. The fraction of sp³-hybridized carbons (Fsp3) is 0.889. The van der Waals surface area contributed by atoms with Crippen LogP contribution in [0.15, 0.2) is 0 Å². The van der Waals surface area contributed by atoms with E-state index < -0.39 is 21.2 Å². The third kappa shape index (κ3) is 38.5. The van der Waals surface area contributed by atoms with E-state index in [1.54, 1.807) is 0 Å². The molecular formula is C36H72N4PbS8Zn. The van der Waals surface area contributed by atoms with Gasteiger partial charge in [0.15, 0.2) is 0 Å². The SMILES string of the molecule is CCCCN(CCCC)C(=S)[S-].CCCCN(CCCC)C(=S)[S-].CCCCN(CCCC)C(=S)[S][Pb][S]C(=S)N(CCCC)CCCC.[Zn+2]. The van der Waals surface area contributed by atoms with Gasteiger partial charge in [-0.15, -0.1) is 0 Å². The van der Waals surface area contributed by atoms with Gasteiger partial charge in [0.05, 0.1) is 0 Å². The first kappa shape index (κ1) is 58.9. The fourth-order valence-electron chi connectivity index (χ4n) is 4.19. The first-order valence-electron chi connectivity index (χ1n) is 19.1. The average molecular weight is 1090 g/mol. The van der Waals surface area contributed by atoms with Gasteiger partial charge in [0, 0.05) is 26.2 Å². The topological polar surface area (TPSA) is 13.0 Å². The quantitative estimate of drug-likeness (QED) is 0.0465. The molecule has 0 aliphatic carbocycles. The predicted octanol–water partition coefficient (Wildman–Crippen LogP) is 11.8. The maximum absolute atomic E-state index is 5.73. The Hall–Kier alpha value is 2.25. The minimum atomic E-state index is -0.925. The smallest absolute Gasteiger partial charge is 2.00 e. The van der Waals surface area contributed by atoms with Crippen molar-refractivity contribution in [2.45, 2.75) is 158 Å². The van der Waals surface area contributed by atoms with Crippen molar-refractivity contribution in [1.82, 2.24) is 19.6 Å². The summed E-state index contributed by atoms with van der Waals surface area (Å²) in [5.74, 6) is 0. The third-order valence-corrected chi connectivity index (χ3v) is 24.9. The van der Waals surface area contributed by atoms with Crippen LogP contribution in [0.3, 0.4) is 0 Å². The molecule has 0 saturated heterocycles. The molecule has 0 atom stereocenters. The van der Waals surface area contributed by atoms with Gasteiger partial charge in [-0.1, -0.05) is 62.0 Å². The molecule has 0 saturated carbocycles. The molecule has 0 aromatic rings. The second-order valence-corrected chi connectivity index (χ2v) is 27.9. The zero-order chi connectivity index (χ0) is 37.7. The van der Waals surface area contributed by atoms with Gasteiger partial charge in [0.2, 0.25) is 0 Å². The Labute approximate surface area is 374 Å². The van der Waals surface area contributed by atoms with Gasteiger partial charge in [0.25, 0.3) is 0 Å². The molecule has 0 fully saturated rings. The maximum atomic E-state index is 5.73. The van der Waals surface area contributed by atoms with Crippen LogP contribution in [0.4, 0.5) is 0 Å².